The molecule has 1 aromatic rings. The van der Waals surface area contributed by atoms with Crippen molar-refractivity contribution in [2.24, 2.45) is 5.92 Å². The van der Waals surface area contributed by atoms with Crippen molar-refractivity contribution in [1.82, 2.24) is 9.21 Å². The molecule has 182 valence electrons. The SMILES string of the molecule is COC(=O)C1CCN(C(=O)COC(=O)CCc2ccc(S(=O)(=O)N3CCCCC3)cc2)CC1. The monoisotopic (exact) mass is 480 g/mol. The van der Waals surface area contributed by atoms with E-state index >= 15 is 0 Å². The van der Waals surface area contributed by atoms with Crippen LogP contribution in [-0.4, -0.2) is 75.4 Å². The number of methoxy groups -OCH3 is 1. The number of aryl methyl sites for hydroxylation is 1. The molecule has 2 aliphatic rings. The van der Waals surface area contributed by atoms with Gasteiger partial charge in [-0.15, -0.1) is 0 Å². The Hall–Kier alpha value is -2.46. The van der Waals surface area contributed by atoms with Crippen LogP contribution in [0, 0.1) is 5.92 Å². The molecule has 0 radical (unpaired) electrons. The van der Waals surface area contributed by atoms with E-state index in [0.717, 1.165) is 24.8 Å². The van der Waals surface area contributed by atoms with Crippen LogP contribution in [-0.2, 0) is 40.3 Å². The number of nitrogens with zero attached hydrogens (tertiary/aromatic N) is 2. The molecule has 9 nitrogen and oxygen atoms in total. The lowest BCUT2D eigenvalue weighted by molar-refractivity contribution is -0.154. The molecule has 0 atom stereocenters. The van der Waals surface area contributed by atoms with Crippen LogP contribution < -0.4 is 0 Å². The van der Waals surface area contributed by atoms with E-state index in [1.165, 1.54) is 11.4 Å². The highest BCUT2D eigenvalue weighted by molar-refractivity contribution is 7.89. The lowest BCUT2D eigenvalue weighted by atomic mass is 9.97. The Balaban J connectivity index is 1.40. The molecule has 3 rings (SSSR count). The molecule has 0 aromatic heterocycles. The fourth-order valence-corrected chi connectivity index (χ4v) is 5.68. The first-order valence-electron chi connectivity index (χ1n) is 11.4. The maximum absolute atomic E-state index is 12.7. The van der Waals surface area contributed by atoms with Gasteiger partial charge in [-0.25, -0.2) is 8.42 Å². The largest absolute Gasteiger partial charge is 0.469 e. The minimum Gasteiger partial charge on any atom is -0.469 e. The van der Waals surface area contributed by atoms with E-state index in [2.05, 4.69) is 0 Å². The van der Waals surface area contributed by atoms with E-state index in [4.69, 9.17) is 9.47 Å². The third-order valence-electron chi connectivity index (χ3n) is 6.23. The van der Waals surface area contributed by atoms with E-state index in [1.54, 1.807) is 29.2 Å². The standard InChI is InChI=1S/C23H32N2O7S/c1-31-23(28)19-11-15-24(16-12-19)21(26)17-32-22(27)10-7-18-5-8-20(9-6-18)33(29,30)25-13-3-2-4-14-25/h5-6,8-9,19H,2-4,7,10-17H2,1H3. The van der Waals surface area contributed by atoms with Gasteiger partial charge in [-0.3, -0.25) is 14.4 Å². The number of sulfonamides is 1. The van der Waals surface area contributed by atoms with Crippen molar-refractivity contribution in [3.63, 3.8) is 0 Å². The summed E-state index contributed by atoms with van der Waals surface area (Å²) in [6.07, 6.45) is 4.38. The number of ether oxygens (including phenoxy) is 2. The number of piperidine rings is 2. The van der Waals surface area contributed by atoms with Gasteiger partial charge >= 0.3 is 11.9 Å². The van der Waals surface area contributed by atoms with Crippen molar-refractivity contribution in [2.45, 2.75) is 49.8 Å². The molecular formula is C23H32N2O7S. The van der Waals surface area contributed by atoms with Gasteiger partial charge in [-0.05, 0) is 49.8 Å². The zero-order chi connectivity index (χ0) is 23.8. The molecule has 10 heteroatoms. The van der Waals surface area contributed by atoms with Gasteiger partial charge < -0.3 is 14.4 Å². The van der Waals surface area contributed by atoms with E-state index < -0.39 is 16.0 Å². The molecular weight excluding hydrogens is 448 g/mol. The Morgan fingerprint density at radius 1 is 0.970 bits per heavy atom. The Labute approximate surface area is 195 Å². The van der Waals surface area contributed by atoms with Gasteiger partial charge in [0.25, 0.3) is 5.91 Å². The number of esters is 2. The van der Waals surface area contributed by atoms with Gasteiger partial charge in [-0.1, -0.05) is 18.6 Å². The molecule has 1 amide bonds. The van der Waals surface area contributed by atoms with Crippen molar-refractivity contribution in [3.05, 3.63) is 29.8 Å². The highest BCUT2D eigenvalue weighted by atomic mass is 32.2. The fraction of sp³-hybridized carbons (Fsp3) is 0.609. The zero-order valence-corrected chi connectivity index (χ0v) is 19.8. The molecule has 0 saturated carbocycles. The first kappa shape index (κ1) is 25.2. The molecule has 0 N–H and O–H groups in total. The van der Waals surface area contributed by atoms with Crippen LogP contribution in [0.4, 0.5) is 0 Å². The molecule has 33 heavy (non-hydrogen) atoms. The van der Waals surface area contributed by atoms with E-state index in [1.807, 2.05) is 0 Å². The van der Waals surface area contributed by atoms with Gasteiger partial charge in [0, 0.05) is 32.6 Å². The number of hydrogen-bond acceptors (Lipinski definition) is 7. The van der Waals surface area contributed by atoms with Gasteiger partial charge in [0.15, 0.2) is 6.61 Å². The third kappa shape index (κ3) is 6.77. The van der Waals surface area contributed by atoms with E-state index in [-0.39, 0.29) is 35.7 Å². The number of carbonyl (C=O) groups excluding carboxylic acids is 3. The Bertz CT molecular complexity index is 932. The lowest BCUT2D eigenvalue weighted by Gasteiger charge is -2.30. The number of hydrogen-bond donors (Lipinski definition) is 0. The van der Waals surface area contributed by atoms with Gasteiger partial charge in [0.2, 0.25) is 10.0 Å². The number of carbonyl (C=O) groups is 3. The predicted molar refractivity (Wildman–Crippen MR) is 120 cm³/mol. The van der Waals surface area contributed by atoms with Crippen LogP contribution in [0.2, 0.25) is 0 Å². The molecule has 1 aromatic carbocycles. The normalized spacial score (nSPS) is 18.0. The first-order valence-corrected chi connectivity index (χ1v) is 12.9. The summed E-state index contributed by atoms with van der Waals surface area (Å²) in [5.74, 6) is -1.22. The van der Waals surface area contributed by atoms with Crippen LogP contribution in [0.3, 0.4) is 0 Å². The second kappa shape index (κ2) is 11.6. The maximum atomic E-state index is 12.7. The van der Waals surface area contributed by atoms with Crippen LogP contribution >= 0.6 is 0 Å². The quantitative estimate of drug-likeness (QED) is 0.521. The summed E-state index contributed by atoms with van der Waals surface area (Å²) in [5, 5.41) is 0. The van der Waals surface area contributed by atoms with Gasteiger partial charge in [0.05, 0.1) is 17.9 Å². The number of rotatable bonds is 8. The second-order valence-corrected chi connectivity index (χ2v) is 10.4. The summed E-state index contributed by atoms with van der Waals surface area (Å²) in [7, 11) is -2.12. The second-order valence-electron chi connectivity index (χ2n) is 8.45. The van der Waals surface area contributed by atoms with E-state index in [0.29, 0.717) is 45.4 Å². The molecule has 2 aliphatic heterocycles. The molecule has 2 saturated heterocycles. The zero-order valence-electron chi connectivity index (χ0n) is 19.0. The molecule has 0 bridgehead atoms. The van der Waals surface area contributed by atoms with Gasteiger partial charge in [-0.2, -0.15) is 4.31 Å². The summed E-state index contributed by atoms with van der Waals surface area (Å²) in [6, 6.07) is 6.57. The van der Waals surface area contributed by atoms with Crippen molar-refractivity contribution in [2.75, 3.05) is 39.9 Å². The minimum absolute atomic E-state index is 0.0932. The summed E-state index contributed by atoms with van der Waals surface area (Å²) >= 11 is 0. The number of benzene rings is 1. The lowest BCUT2D eigenvalue weighted by Crippen LogP contribution is -2.42. The first-order chi connectivity index (χ1) is 15.8. The number of amides is 1. The number of likely N-dealkylation sites (tertiary alicyclic amines) is 1. The Kier molecular flexibility index (Phi) is 8.85. The van der Waals surface area contributed by atoms with Crippen molar-refractivity contribution in [1.29, 1.82) is 0 Å². The highest BCUT2D eigenvalue weighted by Gasteiger charge is 2.28. The molecule has 0 unspecified atom stereocenters. The molecule has 2 fully saturated rings. The van der Waals surface area contributed by atoms with Crippen LogP contribution in [0.25, 0.3) is 0 Å². The average Bonchev–Trinajstić information content (AvgIpc) is 2.86. The molecule has 2 heterocycles. The summed E-state index contributed by atoms with van der Waals surface area (Å²) < 4.78 is 36.8. The fourth-order valence-electron chi connectivity index (χ4n) is 4.17. The summed E-state index contributed by atoms with van der Waals surface area (Å²) in [4.78, 5) is 37.7. The Morgan fingerprint density at radius 2 is 1.61 bits per heavy atom. The topological polar surface area (TPSA) is 110 Å². The minimum atomic E-state index is -3.47. The van der Waals surface area contributed by atoms with E-state index in [9.17, 15) is 22.8 Å². The Morgan fingerprint density at radius 3 is 2.21 bits per heavy atom. The smallest absolute Gasteiger partial charge is 0.308 e. The predicted octanol–water partition coefficient (Wildman–Crippen LogP) is 1.75. The van der Waals surface area contributed by atoms with Crippen LogP contribution in [0.15, 0.2) is 29.2 Å². The summed E-state index contributed by atoms with van der Waals surface area (Å²) in [5.41, 5.74) is 0.820. The van der Waals surface area contributed by atoms with Crippen molar-refractivity contribution >= 4 is 27.9 Å². The van der Waals surface area contributed by atoms with Gasteiger partial charge in [0.1, 0.15) is 0 Å². The average molecular weight is 481 g/mol. The molecule has 0 aliphatic carbocycles. The van der Waals surface area contributed by atoms with Crippen molar-refractivity contribution < 1.29 is 32.3 Å². The molecule has 0 spiro atoms. The van der Waals surface area contributed by atoms with Crippen molar-refractivity contribution in [3.8, 4) is 0 Å². The maximum Gasteiger partial charge on any atom is 0.308 e. The third-order valence-corrected chi connectivity index (χ3v) is 8.15. The van der Waals surface area contributed by atoms with Crippen LogP contribution in [0.1, 0.15) is 44.1 Å². The van der Waals surface area contributed by atoms with Crippen LogP contribution in [0.5, 0.6) is 0 Å². The summed E-state index contributed by atoms with van der Waals surface area (Å²) in [6.45, 7) is 1.65. The highest BCUT2D eigenvalue weighted by Crippen LogP contribution is 2.21.